The minimum atomic E-state index is -0.749. The molecule has 4 heterocycles. The molecule has 0 aliphatic carbocycles. The molecule has 0 spiro atoms. The smallest absolute Gasteiger partial charge is 0.410 e. The van der Waals surface area contributed by atoms with Gasteiger partial charge in [-0.25, -0.2) is 18.9 Å². The second-order valence-electron chi connectivity index (χ2n) is 13.5. The summed E-state index contributed by atoms with van der Waals surface area (Å²) in [4.78, 5) is 36.1. The lowest BCUT2D eigenvalue weighted by molar-refractivity contribution is -0.0395. The first-order chi connectivity index (χ1) is 20.2. The number of hydrogen-bond acceptors (Lipinski definition) is 7. The maximum Gasteiger partial charge on any atom is 0.410 e. The Morgan fingerprint density at radius 2 is 1.93 bits per heavy atom. The molecular formula is C32H42FN5O5. The number of carbonyl (C=O) groups excluding carboxylic acids is 2. The van der Waals surface area contributed by atoms with Gasteiger partial charge in [-0.05, 0) is 78.0 Å². The van der Waals surface area contributed by atoms with Gasteiger partial charge in [0.2, 0.25) is 0 Å². The number of aromatic hydroxyl groups is 1. The van der Waals surface area contributed by atoms with Crippen LogP contribution in [0.1, 0.15) is 84.3 Å². The van der Waals surface area contributed by atoms with Crippen LogP contribution in [-0.4, -0.2) is 78.5 Å². The summed E-state index contributed by atoms with van der Waals surface area (Å²) < 4.78 is 28.5. The molecule has 1 aromatic carbocycles. The summed E-state index contributed by atoms with van der Waals surface area (Å²) >= 11 is 0. The van der Waals surface area contributed by atoms with E-state index in [9.17, 15) is 14.7 Å². The van der Waals surface area contributed by atoms with Crippen LogP contribution in [0.15, 0.2) is 30.5 Å². The van der Waals surface area contributed by atoms with Gasteiger partial charge in [0.25, 0.3) is 5.91 Å². The predicted molar refractivity (Wildman–Crippen MR) is 160 cm³/mol. The third kappa shape index (κ3) is 6.18. The second-order valence-corrected chi connectivity index (χ2v) is 13.5. The number of hydrogen-bond donors (Lipinski definition) is 1. The highest BCUT2D eigenvalue weighted by Gasteiger charge is 2.46. The number of carbonyl (C=O) groups is 2. The maximum absolute atomic E-state index is 15.1. The summed E-state index contributed by atoms with van der Waals surface area (Å²) in [5.74, 6) is -1.08. The van der Waals surface area contributed by atoms with Gasteiger partial charge >= 0.3 is 6.09 Å². The van der Waals surface area contributed by atoms with Crippen molar-refractivity contribution in [3.8, 4) is 17.0 Å². The van der Waals surface area contributed by atoms with Crippen LogP contribution in [0.5, 0.6) is 5.75 Å². The Kier molecular flexibility index (Phi) is 8.15. The largest absolute Gasteiger partial charge is 0.508 e. The van der Waals surface area contributed by atoms with Gasteiger partial charge in [-0.3, -0.25) is 4.79 Å². The van der Waals surface area contributed by atoms with E-state index in [0.717, 1.165) is 25.3 Å². The molecule has 10 nitrogen and oxygen atoms in total. The molecule has 3 aromatic rings. The fourth-order valence-electron chi connectivity index (χ4n) is 5.92. The van der Waals surface area contributed by atoms with Gasteiger partial charge < -0.3 is 24.4 Å². The SMILES string of the molecule is CC(C)C1CN(C(=O)c2cc(-c3ccc(O)cc3F)nc3c2cnn3C2CCCCO2)C(C)(C)CN1C(=O)OC(C)(C)C. The number of benzene rings is 1. The van der Waals surface area contributed by atoms with Crippen LogP contribution >= 0.6 is 0 Å². The molecule has 1 N–H and O–H groups in total. The van der Waals surface area contributed by atoms with Crippen LogP contribution in [0.2, 0.25) is 0 Å². The number of rotatable bonds is 4. The predicted octanol–water partition coefficient (Wildman–Crippen LogP) is 6.14. The second kappa shape index (κ2) is 11.4. The molecule has 5 rings (SSSR count). The Bertz CT molecular complexity index is 1520. The highest BCUT2D eigenvalue weighted by Crippen LogP contribution is 2.35. The number of phenols is 1. The highest BCUT2D eigenvalue weighted by atomic mass is 19.1. The van der Waals surface area contributed by atoms with Gasteiger partial charge in [0.15, 0.2) is 11.9 Å². The normalized spacial score (nSPS) is 21.0. The molecule has 0 radical (unpaired) electrons. The summed E-state index contributed by atoms with van der Waals surface area (Å²) in [6.07, 6.45) is 3.54. The zero-order chi connectivity index (χ0) is 31.3. The summed E-state index contributed by atoms with van der Waals surface area (Å²) in [7, 11) is 0. The number of ether oxygens (including phenoxy) is 2. The molecule has 2 fully saturated rings. The maximum atomic E-state index is 15.1. The third-order valence-electron chi connectivity index (χ3n) is 8.15. The number of amides is 2. The fourth-order valence-corrected chi connectivity index (χ4v) is 5.92. The molecule has 2 saturated heterocycles. The number of aromatic nitrogens is 3. The Morgan fingerprint density at radius 3 is 2.56 bits per heavy atom. The molecule has 2 atom stereocenters. The number of halogens is 1. The number of nitrogens with zero attached hydrogens (tertiary/aromatic N) is 5. The summed E-state index contributed by atoms with van der Waals surface area (Å²) in [5.41, 5.74) is -0.250. The Hall–Kier alpha value is -3.73. The lowest BCUT2D eigenvalue weighted by Gasteiger charge is -2.52. The van der Waals surface area contributed by atoms with Crippen molar-refractivity contribution in [1.82, 2.24) is 24.6 Å². The molecule has 2 amide bonds. The lowest BCUT2D eigenvalue weighted by Crippen LogP contribution is -2.67. The summed E-state index contributed by atoms with van der Waals surface area (Å²) in [6.45, 7) is 14.6. The fraction of sp³-hybridized carbons (Fsp3) is 0.562. The first-order valence-corrected chi connectivity index (χ1v) is 15.0. The van der Waals surface area contributed by atoms with Crippen molar-refractivity contribution < 1.29 is 28.6 Å². The van der Waals surface area contributed by atoms with E-state index >= 15 is 4.39 Å². The minimum absolute atomic E-state index is 0.0456. The van der Waals surface area contributed by atoms with Crippen molar-refractivity contribution in [1.29, 1.82) is 0 Å². The van der Waals surface area contributed by atoms with E-state index in [2.05, 4.69) is 5.10 Å². The molecule has 2 aliphatic heterocycles. The lowest BCUT2D eigenvalue weighted by atomic mass is 9.90. The van der Waals surface area contributed by atoms with Crippen LogP contribution in [0.4, 0.5) is 9.18 Å². The number of piperazine rings is 1. The van der Waals surface area contributed by atoms with Gasteiger partial charge in [0.1, 0.15) is 17.2 Å². The molecule has 43 heavy (non-hydrogen) atoms. The first kappa shape index (κ1) is 30.7. The monoisotopic (exact) mass is 595 g/mol. The van der Waals surface area contributed by atoms with Crippen molar-refractivity contribution >= 4 is 23.0 Å². The number of pyridine rings is 1. The number of fused-ring (bicyclic) bond motifs is 1. The highest BCUT2D eigenvalue weighted by molar-refractivity contribution is 6.07. The van der Waals surface area contributed by atoms with Gasteiger partial charge in [-0.1, -0.05) is 13.8 Å². The Labute approximate surface area is 251 Å². The van der Waals surface area contributed by atoms with E-state index in [4.69, 9.17) is 14.5 Å². The van der Waals surface area contributed by atoms with Crippen molar-refractivity contribution in [2.45, 2.75) is 91.1 Å². The molecule has 11 heteroatoms. The molecule has 2 unspecified atom stereocenters. The molecule has 0 bridgehead atoms. The van der Waals surface area contributed by atoms with E-state index in [0.29, 0.717) is 23.2 Å². The first-order valence-electron chi connectivity index (χ1n) is 15.0. The molecule has 232 valence electrons. The van der Waals surface area contributed by atoms with Gasteiger partial charge in [0, 0.05) is 31.3 Å². The minimum Gasteiger partial charge on any atom is -0.508 e. The average molecular weight is 596 g/mol. The molecule has 2 aliphatic rings. The van der Waals surface area contributed by atoms with Crippen LogP contribution in [0.25, 0.3) is 22.3 Å². The van der Waals surface area contributed by atoms with E-state index < -0.39 is 23.1 Å². The Balaban J connectivity index is 1.60. The van der Waals surface area contributed by atoms with Crippen molar-refractivity contribution in [2.24, 2.45) is 5.92 Å². The van der Waals surface area contributed by atoms with Crippen molar-refractivity contribution in [3.05, 3.63) is 41.8 Å². The molecule has 0 saturated carbocycles. The zero-order valence-electron chi connectivity index (χ0n) is 26.1. The van der Waals surface area contributed by atoms with Crippen LogP contribution in [0, 0.1) is 11.7 Å². The molecular weight excluding hydrogens is 553 g/mol. The number of phenolic OH excluding ortho intramolecular Hbond substituents is 1. The van der Waals surface area contributed by atoms with Crippen molar-refractivity contribution in [3.63, 3.8) is 0 Å². The topological polar surface area (TPSA) is 110 Å². The van der Waals surface area contributed by atoms with Crippen LogP contribution in [0.3, 0.4) is 0 Å². The van der Waals surface area contributed by atoms with Crippen molar-refractivity contribution in [2.75, 3.05) is 19.7 Å². The Morgan fingerprint density at radius 1 is 1.19 bits per heavy atom. The van der Waals surface area contributed by atoms with Gasteiger partial charge in [0.05, 0.1) is 34.4 Å². The summed E-state index contributed by atoms with van der Waals surface area (Å²) in [5, 5.41) is 14.9. The van der Waals surface area contributed by atoms with Gasteiger partial charge in [-0.15, -0.1) is 0 Å². The standard InChI is InChI=1S/C32H42FN5O5/c1-19(2)26-17-37(32(6,7)18-36(26)30(41)43-31(3,4)5)29(40)22-15-25(21-12-11-20(39)14-24(21)33)35-28-23(22)16-34-38(28)27-10-8-9-13-42-27/h11-12,14-16,19,26-27,39H,8-10,13,17-18H2,1-7H3. The summed E-state index contributed by atoms with van der Waals surface area (Å²) in [6, 6.07) is 5.17. The quantitative estimate of drug-likeness (QED) is 0.386. The van der Waals surface area contributed by atoms with Crippen LogP contribution < -0.4 is 0 Å². The zero-order valence-corrected chi connectivity index (χ0v) is 26.1. The van der Waals surface area contributed by atoms with Crippen LogP contribution in [-0.2, 0) is 9.47 Å². The van der Waals surface area contributed by atoms with E-state index in [1.165, 1.54) is 12.1 Å². The third-order valence-corrected chi connectivity index (χ3v) is 8.15. The van der Waals surface area contributed by atoms with E-state index in [-0.39, 0.29) is 54.2 Å². The molecule has 2 aromatic heterocycles. The average Bonchev–Trinajstić information content (AvgIpc) is 3.35. The van der Waals surface area contributed by atoms with Gasteiger partial charge in [-0.2, -0.15) is 5.10 Å². The van der Waals surface area contributed by atoms with E-state index in [1.54, 1.807) is 26.7 Å². The van der Waals surface area contributed by atoms with E-state index in [1.807, 2.05) is 48.5 Å².